The fourth-order valence-corrected chi connectivity index (χ4v) is 4.35. The lowest BCUT2D eigenvalue weighted by Gasteiger charge is -2.30. The van der Waals surface area contributed by atoms with Crippen LogP contribution >= 0.6 is 0 Å². The van der Waals surface area contributed by atoms with Gasteiger partial charge in [-0.05, 0) is 60.2 Å². The standard InChI is InChI=1S/C26H31N3/c27-16-22-11-13-26(14-12-22)29(19-23-9-5-2-6-10-23)20-25-18-28-17-24(25)15-21-7-3-1-4-8-21/h1-14,24-25,28H,15-20,27H2. The van der Waals surface area contributed by atoms with Crippen molar-refractivity contribution in [2.75, 3.05) is 24.5 Å². The molecule has 0 radical (unpaired) electrons. The molecular formula is C26H31N3. The van der Waals surface area contributed by atoms with Crippen LogP contribution < -0.4 is 16.0 Å². The van der Waals surface area contributed by atoms with Crippen LogP contribution in [0.5, 0.6) is 0 Å². The highest BCUT2D eigenvalue weighted by atomic mass is 15.1. The summed E-state index contributed by atoms with van der Waals surface area (Å²) in [6, 6.07) is 30.4. The van der Waals surface area contributed by atoms with Crippen LogP contribution in [0.4, 0.5) is 5.69 Å². The largest absolute Gasteiger partial charge is 0.367 e. The molecule has 0 aliphatic carbocycles. The molecule has 1 saturated heterocycles. The van der Waals surface area contributed by atoms with E-state index in [9.17, 15) is 0 Å². The minimum absolute atomic E-state index is 0.588. The molecule has 2 unspecified atom stereocenters. The van der Waals surface area contributed by atoms with Gasteiger partial charge in [-0.15, -0.1) is 0 Å². The summed E-state index contributed by atoms with van der Waals surface area (Å²) in [4.78, 5) is 2.53. The van der Waals surface area contributed by atoms with Gasteiger partial charge in [-0.3, -0.25) is 0 Å². The Labute approximate surface area is 174 Å². The first-order valence-electron chi connectivity index (χ1n) is 10.6. The first kappa shape index (κ1) is 19.7. The number of hydrogen-bond donors (Lipinski definition) is 2. The maximum atomic E-state index is 5.80. The number of anilines is 1. The molecule has 3 aromatic rings. The van der Waals surface area contributed by atoms with E-state index >= 15 is 0 Å². The molecule has 0 amide bonds. The number of nitrogens with one attached hydrogen (secondary N) is 1. The highest BCUT2D eigenvalue weighted by molar-refractivity contribution is 5.48. The number of hydrogen-bond acceptors (Lipinski definition) is 3. The lowest BCUT2D eigenvalue weighted by molar-refractivity contribution is 0.413. The van der Waals surface area contributed by atoms with Gasteiger partial charge in [-0.25, -0.2) is 0 Å². The first-order valence-corrected chi connectivity index (χ1v) is 10.6. The summed E-state index contributed by atoms with van der Waals surface area (Å²) in [6.07, 6.45) is 1.14. The van der Waals surface area contributed by atoms with Crippen LogP contribution in [0.1, 0.15) is 16.7 Å². The van der Waals surface area contributed by atoms with E-state index in [0.717, 1.165) is 32.6 Å². The molecule has 1 heterocycles. The van der Waals surface area contributed by atoms with E-state index in [-0.39, 0.29) is 0 Å². The minimum Gasteiger partial charge on any atom is -0.367 e. The maximum absolute atomic E-state index is 5.80. The van der Waals surface area contributed by atoms with E-state index in [2.05, 4.69) is 95.1 Å². The van der Waals surface area contributed by atoms with Gasteiger partial charge in [-0.2, -0.15) is 0 Å². The average molecular weight is 386 g/mol. The van der Waals surface area contributed by atoms with Crippen molar-refractivity contribution in [3.05, 3.63) is 102 Å². The van der Waals surface area contributed by atoms with Gasteiger partial charge in [0.25, 0.3) is 0 Å². The number of nitrogens with zero attached hydrogens (tertiary/aromatic N) is 1. The molecular weight excluding hydrogens is 354 g/mol. The number of benzene rings is 3. The summed E-state index contributed by atoms with van der Waals surface area (Å²) in [7, 11) is 0. The Hall–Kier alpha value is -2.62. The predicted octanol–water partition coefficient (Wildman–Crippen LogP) is 4.23. The van der Waals surface area contributed by atoms with Crippen molar-refractivity contribution in [1.29, 1.82) is 0 Å². The zero-order valence-electron chi connectivity index (χ0n) is 17.0. The number of nitrogens with two attached hydrogens (primary N) is 1. The normalized spacial score (nSPS) is 18.7. The molecule has 1 aliphatic rings. The maximum Gasteiger partial charge on any atom is 0.0429 e. The number of rotatable bonds is 8. The van der Waals surface area contributed by atoms with Gasteiger partial charge in [0.05, 0.1) is 0 Å². The Bertz CT molecular complexity index is 861. The molecule has 3 aromatic carbocycles. The Morgan fingerprint density at radius 1 is 0.724 bits per heavy atom. The van der Waals surface area contributed by atoms with E-state index in [1.54, 1.807) is 0 Å². The van der Waals surface area contributed by atoms with Crippen LogP contribution in [0.25, 0.3) is 0 Å². The van der Waals surface area contributed by atoms with Crippen molar-refractivity contribution in [2.24, 2.45) is 17.6 Å². The molecule has 150 valence electrons. The van der Waals surface area contributed by atoms with Crippen LogP contribution in [-0.2, 0) is 19.5 Å². The van der Waals surface area contributed by atoms with Gasteiger partial charge in [0.1, 0.15) is 0 Å². The quantitative estimate of drug-likeness (QED) is 0.610. The second-order valence-corrected chi connectivity index (χ2v) is 8.10. The summed E-state index contributed by atoms with van der Waals surface area (Å²) >= 11 is 0. The van der Waals surface area contributed by atoms with Crippen molar-refractivity contribution >= 4 is 5.69 Å². The van der Waals surface area contributed by atoms with Crippen LogP contribution in [0.15, 0.2) is 84.9 Å². The van der Waals surface area contributed by atoms with E-state index in [0.29, 0.717) is 18.4 Å². The average Bonchev–Trinajstić information content (AvgIpc) is 3.21. The van der Waals surface area contributed by atoms with Crippen LogP contribution in [0.2, 0.25) is 0 Å². The third kappa shape index (κ3) is 5.26. The summed E-state index contributed by atoms with van der Waals surface area (Å²) in [5, 5.41) is 3.64. The lowest BCUT2D eigenvalue weighted by Crippen LogP contribution is -2.33. The highest BCUT2D eigenvalue weighted by Crippen LogP contribution is 2.26. The molecule has 3 nitrogen and oxygen atoms in total. The van der Waals surface area contributed by atoms with Crippen LogP contribution in [-0.4, -0.2) is 19.6 Å². The van der Waals surface area contributed by atoms with Crippen molar-refractivity contribution in [1.82, 2.24) is 5.32 Å². The zero-order chi connectivity index (χ0) is 19.9. The van der Waals surface area contributed by atoms with E-state index in [1.807, 2.05) is 0 Å². The molecule has 1 aliphatic heterocycles. The molecule has 4 rings (SSSR count). The second-order valence-electron chi connectivity index (χ2n) is 8.10. The molecule has 0 saturated carbocycles. The molecule has 3 N–H and O–H groups in total. The SMILES string of the molecule is NCc1ccc(N(Cc2ccccc2)CC2CNCC2Cc2ccccc2)cc1. The van der Waals surface area contributed by atoms with Gasteiger partial charge in [0.2, 0.25) is 0 Å². The van der Waals surface area contributed by atoms with Crippen molar-refractivity contribution in [3.8, 4) is 0 Å². The van der Waals surface area contributed by atoms with E-state index < -0.39 is 0 Å². The monoisotopic (exact) mass is 385 g/mol. The summed E-state index contributed by atoms with van der Waals surface area (Å²) in [5.41, 5.74) is 11.0. The van der Waals surface area contributed by atoms with Crippen molar-refractivity contribution in [3.63, 3.8) is 0 Å². The Kier molecular flexibility index (Phi) is 6.60. The van der Waals surface area contributed by atoms with Gasteiger partial charge in [-0.1, -0.05) is 72.8 Å². The van der Waals surface area contributed by atoms with Gasteiger partial charge in [0.15, 0.2) is 0 Å². The topological polar surface area (TPSA) is 41.3 Å². The Morgan fingerprint density at radius 2 is 1.34 bits per heavy atom. The van der Waals surface area contributed by atoms with Gasteiger partial charge in [0, 0.05) is 25.3 Å². The molecule has 29 heavy (non-hydrogen) atoms. The summed E-state index contributed by atoms with van der Waals surface area (Å²) < 4.78 is 0. The molecule has 3 heteroatoms. The van der Waals surface area contributed by atoms with Gasteiger partial charge < -0.3 is 16.0 Å². The van der Waals surface area contributed by atoms with E-state index in [4.69, 9.17) is 5.73 Å². The predicted molar refractivity (Wildman–Crippen MR) is 122 cm³/mol. The fourth-order valence-electron chi connectivity index (χ4n) is 4.35. The third-order valence-electron chi connectivity index (χ3n) is 6.03. The smallest absolute Gasteiger partial charge is 0.0429 e. The Morgan fingerprint density at radius 3 is 2.00 bits per heavy atom. The fraction of sp³-hybridized carbons (Fsp3) is 0.308. The van der Waals surface area contributed by atoms with E-state index in [1.165, 1.54) is 22.4 Å². The Balaban J connectivity index is 1.51. The minimum atomic E-state index is 0.588. The van der Waals surface area contributed by atoms with Crippen molar-refractivity contribution < 1.29 is 0 Å². The zero-order valence-corrected chi connectivity index (χ0v) is 17.0. The summed E-state index contributed by atoms with van der Waals surface area (Å²) in [5.74, 6) is 1.30. The molecule has 0 aromatic heterocycles. The lowest BCUT2D eigenvalue weighted by atomic mass is 9.89. The van der Waals surface area contributed by atoms with Crippen LogP contribution in [0, 0.1) is 11.8 Å². The first-order chi connectivity index (χ1) is 14.3. The molecule has 0 bridgehead atoms. The van der Waals surface area contributed by atoms with Gasteiger partial charge >= 0.3 is 0 Å². The van der Waals surface area contributed by atoms with Crippen molar-refractivity contribution in [2.45, 2.75) is 19.5 Å². The third-order valence-corrected chi connectivity index (χ3v) is 6.03. The highest BCUT2D eigenvalue weighted by Gasteiger charge is 2.29. The summed E-state index contributed by atoms with van der Waals surface area (Å²) in [6.45, 7) is 4.76. The second kappa shape index (κ2) is 9.73. The molecule has 2 atom stereocenters. The van der Waals surface area contributed by atoms with Crippen LogP contribution in [0.3, 0.4) is 0 Å². The molecule has 0 spiro atoms. The molecule has 1 fully saturated rings.